The Balaban J connectivity index is 0.00000162. The lowest BCUT2D eigenvalue weighted by molar-refractivity contribution is -0.00000439. The van der Waals surface area contributed by atoms with E-state index in [9.17, 15) is 0 Å². The zero-order valence-corrected chi connectivity index (χ0v) is 11.1. The third kappa shape index (κ3) is 3.79. The molecule has 2 rings (SSSR count). The summed E-state index contributed by atoms with van der Waals surface area (Å²) >= 11 is 0. The highest BCUT2D eigenvalue weighted by Gasteiger charge is 2.07. The summed E-state index contributed by atoms with van der Waals surface area (Å²) < 4.78 is 10.4. The first kappa shape index (κ1) is 14.6. The first-order valence-electron chi connectivity index (χ1n) is 5.71. The van der Waals surface area contributed by atoms with Gasteiger partial charge in [0.05, 0.1) is 13.4 Å². The fourth-order valence-corrected chi connectivity index (χ4v) is 1.77. The molecule has 0 bridgehead atoms. The molecule has 4 heteroatoms. The second-order valence-electron chi connectivity index (χ2n) is 4.00. The van der Waals surface area contributed by atoms with Crippen LogP contribution in [-0.2, 0) is 6.42 Å². The van der Waals surface area contributed by atoms with E-state index in [0.29, 0.717) is 0 Å². The van der Waals surface area contributed by atoms with Gasteiger partial charge in [0, 0.05) is 12.5 Å². The quantitative estimate of drug-likeness (QED) is 0.824. The molecule has 2 aromatic rings. The first-order chi connectivity index (χ1) is 8.29. The predicted octanol–water partition coefficient (Wildman–Crippen LogP) is -0.0752. The van der Waals surface area contributed by atoms with Crippen LogP contribution in [0.4, 0.5) is 0 Å². The number of methoxy groups -OCH3 is 1. The van der Waals surface area contributed by atoms with Gasteiger partial charge in [-0.1, -0.05) is 12.1 Å². The van der Waals surface area contributed by atoms with Crippen molar-refractivity contribution in [3.8, 4) is 5.75 Å². The highest BCUT2D eigenvalue weighted by Crippen LogP contribution is 2.20. The van der Waals surface area contributed by atoms with Gasteiger partial charge < -0.3 is 27.3 Å². The van der Waals surface area contributed by atoms with Crippen molar-refractivity contribution in [3.05, 3.63) is 54.0 Å². The third-order valence-corrected chi connectivity index (χ3v) is 2.83. The van der Waals surface area contributed by atoms with Crippen LogP contribution in [0.1, 0.15) is 23.8 Å². The summed E-state index contributed by atoms with van der Waals surface area (Å²) in [6, 6.07) is 11.8. The Bertz CT molecular complexity index is 439. The minimum Gasteiger partial charge on any atom is -1.00 e. The number of halogens is 1. The van der Waals surface area contributed by atoms with E-state index in [1.165, 1.54) is 0 Å². The van der Waals surface area contributed by atoms with E-state index >= 15 is 0 Å². The molecule has 1 aromatic heterocycles. The maximum atomic E-state index is 6.12. The minimum absolute atomic E-state index is 0. The molecule has 0 amide bonds. The second-order valence-corrected chi connectivity index (χ2v) is 4.00. The second kappa shape index (κ2) is 7.09. The van der Waals surface area contributed by atoms with Crippen LogP contribution in [0, 0.1) is 0 Å². The number of nitrogens with two attached hydrogens (primary N) is 1. The van der Waals surface area contributed by atoms with Gasteiger partial charge >= 0.3 is 0 Å². The molecule has 0 aliphatic carbocycles. The van der Waals surface area contributed by atoms with Gasteiger partial charge in [-0.15, -0.1) is 0 Å². The molecule has 1 aromatic carbocycles. The third-order valence-electron chi connectivity index (χ3n) is 2.83. The Kier molecular flexibility index (Phi) is 5.75. The van der Waals surface area contributed by atoms with Crippen LogP contribution >= 0.6 is 0 Å². The van der Waals surface area contributed by atoms with Crippen molar-refractivity contribution < 1.29 is 21.6 Å². The number of rotatable bonds is 5. The summed E-state index contributed by atoms with van der Waals surface area (Å²) in [6.07, 6.45) is 3.42. The molecule has 3 nitrogen and oxygen atoms in total. The number of ether oxygens (including phenoxy) is 1. The summed E-state index contributed by atoms with van der Waals surface area (Å²) in [6.45, 7) is 0. The van der Waals surface area contributed by atoms with Crippen LogP contribution in [0.15, 0.2) is 47.1 Å². The Morgan fingerprint density at radius 2 is 1.94 bits per heavy atom. The maximum Gasteiger partial charge on any atom is 0.118 e. The van der Waals surface area contributed by atoms with Crippen LogP contribution in [-0.4, -0.2) is 7.11 Å². The lowest BCUT2D eigenvalue weighted by Gasteiger charge is -2.11. The van der Waals surface area contributed by atoms with E-state index in [1.807, 2.05) is 36.4 Å². The van der Waals surface area contributed by atoms with Crippen molar-refractivity contribution in [3.63, 3.8) is 0 Å². The Labute approximate surface area is 113 Å². The van der Waals surface area contributed by atoms with Gasteiger partial charge in [0.25, 0.3) is 0 Å². The number of hydrogen-bond acceptors (Lipinski definition) is 3. The van der Waals surface area contributed by atoms with E-state index < -0.39 is 0 Å². The van der Waals surface area contributed by atoms with Crippen LogP contribution in [0.2, 0.25) is 0 Å². The van der Waals surface area contributed by atoms with Crippen LogP contribution in [0.25, 0.3) is 0 Å². The van der Waals surface area contributed by atoms with Gasteiger partial charge in [0.1, 0.15) is 11.5 Å². The van der Waals surface area contributed by atoms with Crippen molar-refractivity contribution in [2.45, 2.75) is 18.9 Å². The fraction of sp³-hybridized carbons (Fsp3) is 0.286. The molecule has 2 N–H and O–H groups in total. The standard InChI is InChI=1S/C14H17NO2.ClH/c1-16-12-6-4-11(5-7-12)14(15)9-8-13-3-2-10-17-13;/h2-7,10,14H,8-9,15H2,1H3;1H/p-1. The zero-order chi connectivity index (χ0) is 12.1. The van der Waals surface area contributed by atoms with Gasteiger partial charge in [0.2, 0.25) is 0 Å². The van der Waals surface area contributed by atoms with E-state index in [0.717, 1.165) is 29.9 Å². The number of aryl methyl sites for hydroxylation is 1. The van der Waals surface area contributed by atoms with E-state index in [4.69, 9.17) is 14.9 Å². The van der Waals surface area contributed by atoms with Crippen molar-refractivity contribution >= 4 is 0 Å². The van der Waals surface area contributed by atoms with Gasteiger partial charge in [-0.3, -0.25) is 0 Å². The molecule has 0 radical (unpaired) electrons. The maximum absolute atomic E-state index is 6.12. The normalized spacial score (nSPS) is 11.7. The predicted molar refractivity (Wildman–Crippen MR) is 67.0 cm³/mol. The summed E-state index contributed by atoms with van der Waals surface area (Å²) in [7, 11) is 1.66. The number of benzene rings is 1. The highest BCUT2D eigenvalue weighted by molar-refractivity contribution is 5.28. The SMILES string of the molecule is COc1ccc(C(N)CCc2ccco2)cc1.[Cl-]. The van der Waals surface area contributed by atoms with Crippen molar-refractivity contribution in [1.82, 2.24) is 0 Å². The average Bonchev–Trinajstić information content (AvgIpc) is 2.89. The molecular weight excluding hydrogens is 250 g/mol. The minimum atomic E-state index is 0. The summed E-state index contributed by atoms with van der Waals surface area (Å²) in [5, 5.41) is 0. The van der Waals surface area contributed by atoms with Gasteiger partial charge in [-0.05, 0) is 36.2 Å². The molecule has 0 aliphatic heterocycles. The van der Waals surface area contributed by atoms with Gasteiger partial charge in [-0.2, -0.15) is 0 Å². The molecule has 0 aliphatic rings. The summed E-state index contributed by atoms with van der Waals surface area (Å²) in [4.78, 5) is 0. The molecule has 98 valence electrons. The van der Waals surface area contributed by atoms with Crippen LogP contribution in [0.3, 0.4) is 0 Å². The lowest BCUT2D eigenvalue weighted by atomic mass is 10.0. The molecule has 18 heavy (non-hydrogen) atoms. The van der Waals surface area contributed by atoms with E-state index in [1.54, 1.807) is 13.4 Å². The fourth-order valence-electron chi connectivity index (χ4n) is 1.77. The Morgan fingerprint density at radius 3 is 2.50 bits per heavy atom. The van der Waals surface area contributed by atoms with E-state index in [-0.39, 0.29) is 18.4 Å². The molecule has 1 unspecified atom stereocenters. The lowest BCUT2D eigenvalue weighted by Crippen LogP contribution is -3.00. The van der Waals surface area contributed by atoms with E-state index in [2.05, 4.69) is 0 Å². The van der Waals surface area contributed by atoms with Gasteiger partial charge in [-0.25, -0.2) is 0 Å². The molecule has 0 saturated carbocycles. The highest BCUT2D eigenvalue weighted by atomic mass is 35.5. The summed E-state index contributed by atoms with van der Waals surface area (Å²) in [5.74, 6) is 1.83. The molecular formula is C14H17ClNO2-. The average molecular weight is 267 g/mol. The van der Waals surface area contributed by atoms with Crippen molar-refractivity contribution in [2.75, 3.05) is 7.11 Å². The Hall–Kier alpha value is -1.45. The molecule has 0 fully saturated rings. The number of furan rings is 1. The van der Waals surface area contributed by atoms with Crippen molar-refractivity contribution in [1.29, 1.82) is 0 Å². The van der Waals surface area contributed by atoms with Crippen LogP contribution in [0.5, 0.6) is 5.75 Å². The van der Waals surface area contributed by atoms with Crippen LogP contribution < -0.4 is 22.9 Å². The topological polar surface area (TPSA) is 48.4 Å². The monoisotopic (exact) mass is 266 g/mol. The van der Waals surface area contributed by atoms with Crippen molar-refractivity contribution in [2.24, 2.45) is 5.73 Å². The molecule has 1 heterocycles. The summed E-state index contributed by atoms with van der Waals surface area (Å²) in [5.41, 5.74) is 7.24. The largest absolute Gasteiger partial charge is 1.00 e. The number of hydrogen-bond donors (Lipinski definition) is 1. The van der Waals surface area contributed by atoms with Gasteiger partial charge in [0.15, 0.2) is 0 Å². The zero-order valence-electron chi connectivity index (χ0n) is 10.3. The Morgan fingerprint density at radius 1 is 1.22 bits per heavy atom. The smallest absolute Gasteiger partial charge is 0.118 e. The molecule has 0 spiro atoms. The molecule has 0 saturated heterocycles. The first-order valence-corrected chi connectivity index (χ1v) is 5.71. The molecule has 1 atom stereocenters.